The van der Waals surface area contributed by atoms with Gasteiger partial charge in [0, 0.05) is 29.8 Å². The first-order valence-corrected chi connectivity index (χ1v) is 8.86. The number of amides is 1. The summed E-state index contributed by atoms with van der Waals surface area (Å²) in [5, 5.41) is 4.00. The van der Waals surface area contributed by atoms with Crippen molar-refractivity contribution in [1.29, 1.82) is 0 Å². The molecule has 1 heterocycles. The third-order valence-corrected chi connectivity index (χ3v) is 4.95. The number of anilines is 1. The Morgan fingerprint density at radius 1 is 1.08 bits per heavy atom. The molecule has 0 aliphatic carbocycles. The fourth-order valence-electron chi connectivity index (χ4n) is 2.97. The van der Waals surface area contributed by atoms with Crippen molar-refractivity contribution < 1.29 is 4.79 Å². The Morgan fingerprint density at radius 2 is 1.75 bits per heavy atom. The average molecular weight is 363 g/mol. The summed E-state index contributed by atoms with van der Waals surface area (Å²) in [5.41, 5.74) is 2.98. The zero-order chi connectivity index (χ0) is 17.1. The van der Waals surface area contributed by atoms with E-state index in [0.717, 1.165) is 25.9 Å². The van der Waals surface area contributed by atoms with E-state index >= 15 is 0 Å². The Morgan fingerprint density at radius 3 is 2.38 bits per heavy atom. The first-order valence-electron chi connectivity index (χ1n) is 8.10. The molecule has 0 atom stereocenters. The summed E-state index contributed by atoms with van der Waals surface area (Å²) in [4.78, 5) is 14.7. The molecule has 2 aromatic carbocycles. The number of nitrogens with one attached hydrogen (secondary N) is 1. The monoisotopic (exact) mass is 362 g/mol. The van der Waals surface area contributed by atoms with Gasteiger partial charge < -0.3 is 10.2 Å². The molecule has 0 spiro atoms. The highest BCUT2D eigenvalue weighted by molar-refractivity contribution is 6.36. The van der Waals surface area contributed by atoms with Gasteiger partial charge in [0.05, 0.1) is 10.6 Å². The normalized spacial score (nSPS) is 15.4. The molecule has 0 saturated carbocycles. The summed E-state index contributed by atoms with van der Waals surface area (Å²) in [5.74, 6) is -0.134. The molecule has 0 unspecified atom stereocenters. The molecule has 5 heteroatoms. The largest absolute Gasteiger partial charge is 0.371 e. The Balaban J connectivity index is 1.57. The van der Waals surface area contributed by atoms with Crippen LogP contribution in [0.15, 0.2) is 42.5 Å². The third kappa shape index (κ3) is 4.03. The third-order valence-electron chi connectivity index (χ3n) is 4.41. The topological polar surface area (TPSA) is 32.3 Å². The van der Waals surface area contributed by atoms with Crippen molar-refractivity contribution in [3.63, 3.8) is 0 Å². The Hall–Kier alpha value is -1.71. The number of rotatable bonds is 3. The molecule has 1 aliphatic heterocycles. The lowest BCUT2D eigenvalue weighted by molar-refractivity contribution is 0.0931. The van der Waals surface area contributed by atoms with Gasteiger partial charge in [0.1, 0.15) is 0 Å². The van der Waals surface area contributed by atoms with Crippen LogP contribution in [0.5, 0.6) is 0 Å². The molecule has 0 radical (unpaired) electrons. The number of benzene rings is 2. The second-order valence-corrected chi connectivity index (χ2v) is 7.04. The predicted octanol–water partition coefficient (Wildman–Crippen LogP) is 4.70. The van der Waals surface area contributed by atoms with Gasteiger partial charge in [0.2, 0.25) is 0 Å². The van der Waals surface area contributed by atoms with Crippen LogP contribution in [0, 0.1) is 6.92 Å². The number of aryl methyl sites for hydroxylation is 1. The van der Waals surface area contributed by atoms with Crippen LogP contribution in [-0.2, 0) is 0 Å². The molecule has 1 fully saturated rings. The lowest BCUT2D eigenvalue weighted by atomic mass is 10.0. The van der Waals surface area contributed by atoms with Crippen LogP contribution in [0.2, 0.25) is 10.0 Å². The maximum absolute atomic E-state index is 12.4. The van der Waals surface area contributed by atoms with Crippen molar-refractivity contribution in [2.45, 2.75) is 25.8 Å². The van der Waals surface area contributed by atoms with E-state index in [1.807, 2.05) is 0 Å². The summed E-state index contributed by atoms with van der Waals surface area (Å²) < 4.78 is 0. The van der Waals surface area contributed by atoms with Crippen LogP contribution in [0.3, 0.4) is 0 Å². The van der Waals surface area contributed by atoms with Crippen molar-refractivity contribution in [3.8, 4) is 0 Å². The van der Waals surface area contributed by atoms with E-state index in [1.165, 1.54) is 11.3 Å². The number of carbonyl (C=O) groups excluding carboxylic acids is 1. The van der Waals surface area contributed by atoms with Crippen molar-refractivity contribution in [2.75, 3.05) is 18.0 Å². The van der Waals surface area contributed by atoms with E-state index in [-0.39, 0.29) is 11.9 Å². The number of hydrogen-bond acceptors (Lipinski definition) is 2. The minimum atomic E-state index is -0.134. The number of piperidine rings is 1. The fraction of sp³-hybridized carbons (Fsp3) is 0.316. The van der Waals surface area contributed by atoms with Gasteiger partial charge in [-0.3, -0.25) is 4.79 Å². The molecule has 24 heavy (non-hydrogen) atoms. The molecule has 3 nitrogen and oxygen atoms in total. The van der Waals surface area contributed by atoms with E-state index in [2.05, 4.69) is 41.4 Å². The number of nitrogens with zero attached hydrogens (tertiary/aromatic N) is 1. The summed E-state index contributed by atoms with van der Waals surface area (Å²) >= 11 is 12.0. The molecule has 1 amide bonds. The molecule has 1 N–H and O–H groups in total. The fourth-order valence-corrected chi connectivity index (χ4v) is 3.47. The summed E-state index contributed by atoms with van der Waals surface area (Å²) in [6.45, 7) is 3.96. The summed E-state index contributed by atoms with van der Waals surface area (Å²) in [6, 6.07) is 13.7. The van der Waals surface area contributed by atoms with Crippen LogP contribution in [0.25, 0.3) is 0 Å². The number of carbonyl (C=O) groups is 1. The van der Waals surface area contributed by atoms with Crippen LogP contribution in [0.4, 0.5) is 5.69 Å². The van der Waals surface area contributed by atoms with Gasteiger partial charge in [-0.05, 0) is 50.1 Å². The lowest BCUT2D eigenvalue weighted by Crippen LogP contribution is -2.44. The summed E-state index contributed by atoms with van der Waals surface area (Å²) in [7, 11) is 0. The first kappa shape index (κ1) is 17.1. The Bertz CT molecular complexity index is 723. The SMILES string of the molecule is Cc1ccc(N2CCC(NC(=O)c3ccc(Cl)cc3Cl)CC2)cc1. The van der Waals surface area contributed by atoms with E-state index in [0.29, 0.717) is 15.6 Å². The van der Waals surface area contributed by atoms with E-state index in [4.69, 9.17) is 23.2 Å². The maximum Gasteiger partial charge on any atom is 0.253 e. The van der Waals surface area contributed by atoms with Crippen LogP contribution in [-0.4, -0.2) is 25.0 Å². The quantitative estimate of drug-likeness (QED) is 0.857. The molecule has 126 valence electrons. The lowest BCUT2D eigenvalue weighted by Gasteiger charge is -2.34. The molecule has 0 aromatic heterocycles. The van der Waals surface area contributed by atoms with Crippen molar-refractivity contribution in [3.05, 3.63) is 63.6 Å². The first-order chi connectivity index (χ1) is 11.5. The summed E-state index contributed by atoms with van der Waals surface area (Å²) in [6.07, 6.45) is 1.84. The minimum absolute atomic E-state index is 0.134. The van der Waals surface area contributed by atoms with Gasteiger partial charge in [0.25, 0.3) is 5.91 Å². The van der Waals surface area contributed by atoms with E-state index < -0.39 is 0 Å². The Labute approximate surface area is 152 Å². The van der Waals surface area contributed by atoms with Gasteiger partial charge in [-0.15, -0.1) is 0 Å². The van der Waals surface area contributed by atoms with Crippen molar-refractivity contribution >= 4 is 34.8 Å². The average Bonchev–Trinajstić information content (AvgIpc) is 2.56. The second-order valence-electron chi connectivity index (χ2n) is 6.19. The maximum atomic E-state index is 12.4. The van der Waals surface area contributed by atoms with Gasteiger partial charge >= 0.3 is 0 Å². The minimum Gasteiger partial charge on any atom is -0.371 e. The van der Waals surface area contributed by atoms with Crippen molar-refractivity contribution in [2.24, 2.45) is 0 Å². The second kappa shape index (κ2) is 7.45. The van der Waals surface area contributed by atoms with Crippen LogP contribution < -0.4 is 10.2 Å². The standard InChI is InChI=1S/C19H20Cl2N2O/c1-13-2-5-16(6-3-13)23-10-8-15(9-11-23)22-19(24)17-7-4-14(20)12-18(17)21/h2-7,12,15H,8-11H2,1H3,(H,22,24). The van der Waals surface area contributed by atoms with Gasteiger partial charge in [-0.25, -0.2) is 0 Å². The zero-order valence-corrected chi connectivity index (χ0v) is 15.1. The molecular formula is C19H20Cl2N2O. The highest BCUT2D eigenvalue weighted by atomic mass is 35.5. The molecule has 2 aromatic rings. The van der Waals surface area contributed by atoms with Crippen molar-refractivity contribution in [1.82, 2.24) is 5.32 Å². The smallest absolute Gasteiger partial charge is 0.253 e. The van der Waals surface area contributed by atoms with Gasteiger partial charge in [-0.2, -0.15) is 0 Å². The zero-order valence-electron chi connectivity index (χ0n) is 13.6. The highest BCUT2D eigenvalue weighted by Gasteiger charge is 2.22. The Kier molecular flexibility index (Phi) is 5.32. The molecule has 0 bridgehead atoms. The van der Waals surface area contributed by atoms with Gasteiger partial charge in [0.15, 0.2) is 0 Å². The van der Waals surface area contributed by atoms with Crippen LogP contribution >= 0.6 is 23.2 Å². The molecule has 3 rings (SSSR count). The number of halogens is 2. The van der Waals surface area contributed by atoms with E-state index in [1.54, 1.807) is 18.2 Å². The molecule has 1 saturated heterocycles. The van der Waals surface area contributed by atoms with Crippen LogP contribution in [0.1, 0.15) is 28.8 Å². The molecular weight excluding hydrogens is 343 g/mol. The highest BCUT2D eigenvalue weighted by Crippen LogP contribution is 2.23. The van der Waals surface area contributed by atoms with Gasteiger partial charge in [-0.1, -0.05) is 40.9 Å². The number of hydrogen-bond donors (Lipinski definition) is 1. The van der Waals surface area contributed by atoms with E-state index in [9.17, 15) is 4.79 Å². The predicted molar refractivity (Wildman–Crippen MR) is 100 cm³/mol. The molecule has 1 aliphatic rings.